The summed E-state index contributed by atoms with van der Waals surface area (Å²) in [4.78, 5) is 13.1. The maximum Gasteiger partial charge on any atom is 0.196 e. The molecule has 1 atom stereocenters. The van der Waals surface area contributed by atoms with Crippen LogP contribution < -0.4 is 11.2 Å². The van der Waals surface area contributed by atoms with Crippen LogP contribution in [0.3, 0.4) is 0 Å². The molecule has 0 saturated carbocycles. The van der Waals surface area contributed by atoms with E-state index >= 15 is 0 Å². The third-order valence-corrected chi connectivity index (χ3v) is 4.67. The van der Waals surface area contributed by atoms with Gasteiger partial charge in [0.25, 0.3) is 0 Å². The molecule has 26 heavy (non-hydrogen) atoms. The van der Waals surface area contributed by atoms with Crippen molar-refractivity contribution in [1.29, 1.82) is 5.26 Å². The molecule has 2 aromatic carbocycles. The summed E-state index contributed by atoms with van der Waals surface area (Å²) in [6.45, 7) is 3.96. The maximum atomic E-state index is 13.1. The Morgan fingerprint density at radius 3 is 2.69 bits per heavy atom. The van der Waals surface area contributed by atoms with Crippen molar-refractivity contribution in [2.45, 2.75) is 26.3 Å². The topological polar surface area (TPSA) is 80.0 Å². The van der Waals surface area contributed by atoms with E-state index in [2.05, 4.69) is 6.07 Å². The van der Waals surface area contributed by atoms with Gasteiger partial charge in [0.05, 0.1) is 23.1 Å². The summed E-state index contributed by atoms with van der Waals surface area (Å²) >= 11 is 6.04. The van der Waals surface area contributed by atoms with Gasteiger partial charge in [-0.1, -0.05) is 37.6 Å². The first-order valence-electron chi connectivity index (χ1n) is 8.40. The molecule has 0 bridgehead atoms. The molecule has 3 aromatic rings. The number of hydrogen-bond donors (Lipinski definition) is 1. The van der Waals surface area contributed by atoms with Crippen molar-refractivity contribution in [3.63, 3.8) is 0 Å². The van der Waals surface area contributed by atoms with Crippen molar-refractivity contribution in [3.8, 4) is 6.07 Å². The molecule has 0 aliphatic rings. The van der Waals surface area contributed by atoms with E-state index in [1.807, 2.05) is 19.9 Å². The summed E-state index contributed by atoms with van der Waals surface area (Å²) in [6.07, 6.45) is 0.353. The SMILES string of the molecule is CC(C)[C@@H](N)c1oc2cc(Cl)ccc2c(=O)c1Cc1cccc(C#N)c1. The third-order valence-electron chi connectivity index (χ3n) is 4.44. The van der Waals surface area contributed by atoms with Gasteiger partial charge in [0.1, 0.15) is 11.3 Å². The van der Waals surface area contributed by atoms with Crippen LogP contribution in [0.25, 0.3) is 11.0 Å². The lowest BCUT2D eigenvalue weighted by Crippen LogP contribution is -2.23. The van der Waals surface area contributed by atoms with Crippen molar-refractivity contribution in [3.05, 3.63) is 80.2 Å². The highest BCUT2D eigenvalue weighted by Crippen LogP contribution is 2.27. The molecule has 2 N–H and O–H groups in total. The second kappa shape index (κ2) is 7.33. The molecular formula is C21H19ClN2O2. The molecule has 0 saturated heterocycles. The minimum Gasteiger partial charge on any atom is -0.459 e. The molecule has 0 spiro atoms. The summed E-state index contributed by atoms with van der Waals surface area (Å²) in [5.74, 6) is 0.570. The fraction of sp³-hybridized carbons (Fsp3) is 0.238. The Morgan fingerprint density at radius 1 is 1.23 bits per heavy atom. The van der Waals surface area contributed by atoms with Crippen LogP contribution in [0.15, 0.2) is 51.7 Å². The first-order chi connectivity index (χ1) is 12.4. The van der Waals surface area contributed by atoms with E-state index < -0.39 is 6.04 Å². The molecule has 4 nitrogen and oxygen atoms in total. The zero-order valence-corrected chi connectivity index (χ0v) is 15.4. The van der Waals surface area contributed by atoms with Crippen LogP contribution in [0.2, 0.25) is 5.02 Å². The van der Waals surface area contributed by atoms with Crippen molar-refractivity contribution < 1.29 is 4.42 Å². The van der Waals surface area contributed by atoms with Gasteiger partial charge in [-0.05, 0) is 35.7 Å². The number of benzene rings is 2. The van der Waals surface area contributed by atoms with Crippen molar-refractivity contribution in [2.75, 3.05) is 0 Å². The zero-order chi connectivity index (χ0) is 18.8. The molecule has 3 rings (SSSR count). The highest BCUT2D eigenvalue weighted by Gasteiger charge is 2.22. The second-order valence-corrected chi connectivity index (χ2v) is 7.11. The number of hydrogen-bond acceptors (Lipinski definition) is 4. The smallest absolute Gasteiger partial charge is 0.196 e. The number of nitrogens with two attached hydrogens (primary N) is 1. The highest BCUT2D eigenvalue weighted by atomic mass is 35.5. The number of nitriles is 1. The quantitative estimate of drug-likeness (QED) is 0.733. The van der Waals surface area contributed by atoms with Gasteiger partial charge >= 0.3 is 0 Å². The normalized spacial score (nSPS) is 12.3. The van der Waals surface area contributed by atoms with Crippen LogP contribution in [0, 0.1) is 17.2 Å². The molecule has 132 valence electrons. The average molecular weight is 367 g/mol. The monoisotopic (exact) mass is 366 g/mol. The Hall–Kier alpha value is -2.61. The van der Waals surface area contributed by atoms with Crippen LogP contribution in [-0.4, -0.2) is 0 Å². The predicted molar refractivity (Wildman–Crippen MR) is 103 cm³/mol. The van der Waals surface area contributed by atoms with E-state index in [1.54, 1.807) is 36.4 Å². The van der Waals surface area contributed by atoms with E-state index in [0.29, 0.717) is 39.3 Å². The van der Waals surface area contributed by atoms with Crippen LogP contribution >= 0.6 is 11.6 Å². The van der Waals surface area contributed by atoms with Gasteiger partial charge in [-0.15, -0.1) is 0 Å². The van der Waals surface area contributed by atoms with E-state index in [-0.39, 0.29) is 11.3 Å². The molecule has 0 amide bonds. The van der Waals surface area contributed by atoms with Crippen LogP contribution in [0.1, 0.15) is 42.3 Å². The van der Waals surface area contributed by atoms with E-state index in [0.717, 1.165) is 5.56 Å². The summed E-state index contributed by atoms with van der Waals surface area (Å²) < 4.78 is 6.03. The summed E-state index contributed by atoms with van der Waals surface area (Å²) in [7, 11) is 0. The van der Waals surface area contributed by atoms with Gasteiger partial charge in [0.15, 0.2) is 5.43 Å². The van der Waals surface area contributed by atoms with Gasteiger partial charge in [-0.2, -0.15) is 5.26 Å². The summed E-state index contributed by atoms with van der Waals surface area (Å²) in [5, 5.41) is 10.1. The van der Waals surface area contributed by atoms with Gasteiger partial charge in [-0.25, -0.2) is 0 Å². The Balaban J connectivity index is 2.22. The van der Waals surface area contributed by atoms with Gasteiger partial charge in [0, 0.05) is 23.1 Å². The molecule has 0 aliphatic carbocycles. The summed E-state index contributed by atoms with van der Waals surface area (Å²) in [5.41, 5.74) is 8.58. The van der Waals surface area contributed by atoms with Crippen molar-refractivity contribution in [2.24, 2.45) is 11.7 Å². The van der Waals surface area contributed by atoms with Crippen LogP contribution in [0.4, 0.5) is 0 Å². The van der Waals surface area contributed by atoms with Gasteiger partial charge in [0.2, 0.25) is 0 Å². The molecule has 0 aliphatic heterocycles. The lowest BCUT2D eigenvalue weighted by Gasteiger charge is -2.19. The standard InChI is InChI=1S/C21H19ClN2O2/c1-12(2)19(24)21-17(9-13-4-3-5-14(8-13)11-23)20(25)16-7-6-15(22)10-18(16)26-21/h3-8,10,12,19H,9,24H2,1-2H3/t19-/m1/s1. The van der Waals surface area contributed by atoms with Gasteiger partial charge in [-0.3, -0.25) is 4.79 Å². The first-order valence-corrected chi connectivity index (χ1v) is 8.78. The number of nitrogens with zero attached hydrogens (tertiary/aromatic N) is 1. The number of rotatable bonds is 4. The minimum atomic E-state index is -0.416. The lowest BCUT2D eigenvalue weighted by atomic mass is 9.94. The largest absolute Gasteiger partial charge is 0.459 e. The van der Waals surface area contributed by atoms with Crippen LogP contribution in [0.5, 0.6) is 0 Å². The zero-order valence-electron chi connectivity index (χ0n) is 14.6. The van der Waals surface area contributed by atoms with Crippen molar-refractivity contribution in [1.82, 2.24) is 0 Å². The molecule has 0 fully saturated rings. The van der Waals surface area contributed by atoms with E-state index in [1.165, 1.54) is 0 Å². The lowest BCUT2D eigenvalue weighted by molar-refractivity contribution is 0.406. The minimum absolute atomic E-state index is 0.0963. The average Bonchev–Trinajstić information content (AvgIpc) is 2.63. The highest BCUT2D eigenvalue weighted by molar-refractivity contribution is 6.31. The molecular weight excluding hydrogens is 348 g/mol. The van der Waals surface area contributed by atoms with Gasteiger partial charge < -0.3 is 10.2 Å². The molecule has 5 heteroatoms. The van der Waals surface area contributed by atoms with E-state index in [9.17, 15) is 4.79 Å². The first kappa shape index (κ1) is 18.2. The number of fused-ring (bicyclic) bond motifs is 1. The summed E-state index contributed by atoms with van der Waals surface area (Å²) in [6, 6.07) is 13.9. The third kappa shape index (κ3) is 3.50. The second-order valence-electron chi connectivity index (χ2n) is 6.67. The fourth-order valence-corrected chi connectivity index (χ4v) is 3.08. The van der Waals surface area contributed by atoms with Crippen LogP contribution in [-0.2, 0) is 6.42 Å². The van der Waals surface area contributed by atoms with Crippen molar-refractivity contribution >= 4 is 22.6 Å². The molecule has 0 unspecified atom stereocenters. The Labute approximate surface area is 156 Å². The van der Waals surface area contributed by atoms with E-state index in [4.69, 9.17) is 27.0 Å². The fourth-order valence-electron chi connectivity index (χ4n) is 2.92. The maximum absolute atomic E-state index is 13.1. The Kier molecular flexibility index (Phi) is 5.13. The predicted octanol–water partition coefficient (Wildman–Crippen LogP) is 4.56. The Morgan fingerprint density at radius 2 is 2.00 bits per heavy atom. The Bertz CT molecular complexity index is 1060. The molecule has 1 aromatic heterocycles. The molecule has 0 radical (unpaired) electrons. The number of halogens is 1. The molecule has 1 heterocycles.